The second-order valence-corrected chi connectivity index (χ2v) is 6.14. The van der Waals surface area contributed by atoms with Crippen molar-refractivity contribution in [3.05, 3.63) is 77.9 Å². The Balaban J connectivity index is 1.44. The largest absolute Gasteiger partial charge is 0.497 e. The molecule has 0 fully saturated rings. The van der Waals surface area contributed by atoms with Gasteiger partial charge in [0, 0.05) is 6.54 Å². The lowest BCUT2D eigenvalue weighted by Gasteiger charge is -2.08. The van der Waals surface area contributed by atoms with Crippen LogP contribution in [0.4, 0.5) is 0 Å². The summed E-state index contributed by atoms with van der Waals surface area (Å²) in [6, 6.07) is 21.2. The Morgan fingerprint density at radius 2 is 1.59 bits per heavy atom. The molecule has 0 aromatic heterocycles. The van der Waals surface area contributed by atoms with Crippen LogP contribution in [0.3, 0.4) is 0 Å². The van der Waals surface area contributed by atoms with Crippen molar-refractivity contribution >= 4 is 22.6 Å². The maximum Gasteiger partial charge on any atom is 0.310 e. The maximum atomic E-state index is 12.0. The molecule has 138 valence electrons. The number of ether oxygens (including phenoxy) is 2. The first kappa shape index (κ1) is 18.5. The Kier molecular flexibility index (Phi) is 6.05. The Morgan fingerprint density at radius 1 is 0.889 bits per heavy atom. The van der Waals surface area contributed by atoms with Crippen LogP contribution >= 0.6 is 0 Å². The van der Waals surface area contributed by atoms with Crippen molar-refractivity contribution in [2.24, 2.45) is 0 Å². The summed E-state index contributed by atoms with van der Waals surface area (Å²) in [7, 11) is 1.60. The molecular formula is C22H21NO4. The standard InChI is InChI=1S/C22H21NO4/c1-26-20-10-7-16(8-11-20)14-23-21(24)15-27-22(25)13-17-6-9-18-4-2-3-5-19(18)12-17/h2-12H,13-15H2,1H3,(H,23,24). The fraction of sp³-hybridized carbons (Fsp3) is 0.182. The molecule has 3 aromatic carbocycles. The highest BCUT2D eigenvalue weighted by molar-refractivity contribution is 5.85. The predicted octanol–water partition coefficient (Wildman–Crippen LogP) is 3.25. The number of amides is 1. The number of carbonyl (C=O) groups is 2. The first-order valence-corrected chi connectivity index (χ1v) is 8.67. The smallest absolute Gasteiger partial charge is 0.310 e. The summed E-state index contributed by atoms with van der Waals surface area (Å²) in [6.45, 7) is 0.0770. The molecular weight excluding hydrogens is 342 g/mol. The number of nitrogens with one attached hydrogen (secondary N) is 1. The molecule has 3 rings (SSSR count). The normalized spacial score (nSPS) is 10.4. The molecule has 3 aromatic rings. The van der Waals surface area contributed by atoms with Gasteiger partial charge in [-0.2, -0.15) is 0 Å². The first-order chi connectivity index (χ1) is 13.1. The third-order valence-electron chi connectivity index (χ3n) is 4.18. The number of hydrogen-bond acceptors (Lipinski definition) is 4. The summed E-state index contributed by atoms with van der Waals surface area (Å²) >= 11 is 0. The van der Waals surface area contributed by atoms with Crippen LogP contribution in [-0.4, -0.2) is 25.6 Å². The van der Waals surface area contributed by atoms with Crippen LogP contribution < -0.4 is 10.1 Å². The van der Waals surface area contributed by atoms with E-state index in [1.165, 1.54) is 0 Å². The van der Waals surface area contributed by atoms with Crippen LogP contribution in [0.5, 0.6) is 5.75 Å². The lowest BCUT2D eigenvalue weighted by Crippen LogP contribution is -2.28. The Morgan fingerprint density at radius 3 is 2.33 bits per heavy atom. The van der Waals surface area contributed by atoms with Gasteiger partial charge in [0.25, 0.3) is 5.91 Å². The molecule has 5 heteroatoms. The van der Waals surface area contributed by atoms with Crippen LogP contribution in [0.1, 0.15) is 11.1 Å². The van der Waals surface area contributed by atoms with Crippen molar-refractivity contribution in [1.82, 2.24) is 5.32 Å². The van der Waals surface area contributed by atoms with Gasteiger partial charge >= 0.3 is 5.97 Å². The van der Waals surface area contributed by atoms with Gasteiger partial charge in [-0.1, -0.05) is 54.6 Å². The van der Waals surface area contributed by atoms with Gasteiger partial charge < -0.3 is 14.8 Å². The number of hydrogen-bond donors (Lipinski definition) is 1. The minimum atomic E-state index is -0.426. The van der Waals surface area contributed by atoms with E-state index in [4.69, 9.17) is 9.47 Å². The van der Waals surface area contributed by atoms with Gasteiger partial charge in [-0.15, -0.1) is 0 Å². The molecule has 0 aliphatic rings. The van der Waals surface area contributed by atoms with Crippen LogP contribution in [0.2, 0.25) is 0 Å². The molecule has 0 saturated carbocycles. The van der Waals surface area contributed by atoms with E-state index in [0.717, 1.165) is 27.6 Å². The SMILES string of the molecule is COc1ccc(CNC(=O)COC(=O)Cc2ccc3ccccc3c2)cc1. The summed E-state index contributed by atoms with van der Waals surface area (Å²) in [5.74, 6) is -0.00439. The lowest BCUT2D eigenvalue weighted by molar-refractivity contribution is -0.147. The van der Waals surface area contributed by atoms with E-state index in [9.17, 15) is 9.59 Å². The molecule has 0 aliphatic carbocycles. The third-order valence-corrected chi connectivity index (χ3v) is 4.18. The highest BCUT2D eigenvalue weighted by Crippen LogP contribution is 2.16. The van der Waals surface area contributed by atoms with Crippen molar-refractivity contribution in [3.63, 3.8) is 0 Å². The van der Waals surface area contributed by atoms with Crippen molar-refractivity contribution in [1.29, 1.82) is 0 Å². The molecule has 5 nitrogen and oxygen atoms in total. The molecule has 0 atom stereocenters. The number of methoxy groups -OCH3 is 1. The highest BCUT2D eigenvalue weighted by atomic mass is 16.5. The van der Waals surface area contributed by atoms with Gasteiger partial charge in [0.1, 0.15) is 5.75 Å². The van der Waals surface area contributed by atoms with E-state index >= 15 is 0 Å². The number of esters is 1. The fourth-order valence-corrected chi connectivity index (χ4v) is 2.71. The second-order valence-electron chi connectivity index (χ2n) is 6.14. The summed E-state index contributed by atoms with van der Waals surface area (Å²) in [5, 5.41) is 4.91. The molecule has 0 heterocycles. The molecule has 1 N–H and O–H groups in total. The predicted molar refractivity (Wildman–Crippen MR) is 103 cm³/mol. The Hall–Kier alpha value is -3.34. The molecule has 27 heavy (non-hydrogen) atoms. The Labute approximate surface area is 157 Å². The van der Waals surface area contributed by atoms with E-state index in [-0.39, 0.29) is 18.9 Å². The van der Waals surface area contributed by atoms with Crippen molar-refractivity contribution < 1.29 is 19.1 Å². The molecule has 0 unspecified atom stereocenters. The summed E-state index contributed by atoms with van der Waals surface area (Å²) < 4.78 is 10.2. The van der Waals surface area contributed by atoms with Crippen LogP contribution in [0.15, 0.2) is 66.7 Å². The third kappa shape index (κ3) is 5.31. The molecule has 0 radical (unpaired) electrons. The second kappa shape index (κ2) is 8.85. The van der Waals surface area contributed by atoms with E-state index in [2.05, 4.69) is 5.32 Å². The maximum absolute atomic E-state index is 12.0. The van der Waals surface area contributed by atoms with E-state index in [1.54, 1.807) is 7.11 Å². The van der Waals surface area contributed by atoms with Crippen molar-refractivity contribution in [3.8, 4) is 5.75 Å². The fourth-order valence-electron chi connectivity index (χ4n) is 2.71. The van der Waals surface area contributed by atoms with Gasteiger partial charge in [-0.25, -0.2) is 0 Å². The van der Waals surface area contributed by atoms with Crippen LogP contribution in [0.25, 0.3) is 10.8 Å². The average Bonchev–Trinajstić information content (AvgIpc) is 2.71. The summed E-state index contributed by atoms with van der Waals surface area (Å²) in [5.41, 5.74) is 1.80. The first-order valence-electron chi connectivity index (χ1n) is 8.67. The van der Waals surface area contributed by atoms with Gasteiger partial charge in [-0.05, 0) is 34.0 Å². The minimum absolute atomic E-state index is 0.136. The molecule has 0 aliphatic heterocycles. The van der Waals surface area contributed by atoms with Gasteiger partial charge in [0.15, 0.2) is 6.61 Å². The zero-order valence-electron chi connectivity index (χ0n) is 15.1. The number of rotatable bonds is 7. The minimum Gasteiger partial charge on any atom is -0.497 e. The number of fused-ring (bicyclic) bond motifs is 1. The number of benzene rings is 3. The summed E-state index contributed by atoms with van der Waals surface area (Å²) in [4.78, 5) is 23.8. The molecule has 0 spiro atoms. The highest BCUT2D eigenvalue weighted by Gasteiger charge is 2.09. The van der Waals surface area contributed by atoms with Gasteiger partial charge in [-0.3, -0.25) is 9.59 Å². The van der Waals surface area contributed by atoms with Gasteiger partial charge in [0.05, 0.1) is 13.5 Å². The van der Waals surface area contributed by atoms with Crippen LogP contribution in [-0.2, 0) is 27.3 Å². The van der Waals surface area contributed by atoms with Gasteiger partial charge in [0.2, 0.25) is 0 Å². The average molecular weight is 363 g/mol. The monoisotopic (exact) mass is 363 g/mol. The zero-order valence-corrected chi connectivity index (χ0v) is 15.1. The van der Waals surface area contributed by atoms with Crippen molar-refractivity contribution in [2.45, 2.75) is 13.0 Å². The topological polar surface area (TPSA) is 64.6 Å². The summed E-state index contributed by atoms with van der Waals surface area (Å²) in [6.07, 6.45) is 0.136. The van der Waals surface area contributed by atoms with Crippen molar-refractivity contribution in [2.75, 3.05) is 13.7 Å². The molecule has 0 saturated heterocycles. The molecule has 0 bridgehead atoms. The number of carbonyl (C=O) groups excluding carboxylic acids is 2. The molecule has 1 amide bonds. The van der Waals surface area contributed by atoms with E-state index in [0.29, 0.717) is 6.54 Å². The Bertz CT molecular complexity index is 934. The quantitative estimate of drug-likeness (QED) is 0.655. The van der Waals surface area contributed by atoms with E-state index in [1.807, 2.05) is 66.7 Å². The lowest BCUT2D eigenvalue weighted by atomic mass is 10.1. The van der Waals surface area contributed by atoms with Crippen LogP contribution in [0, 0.1) is 0 Å². The zero-order chi connectivity index (χ0) is 19.1. The van der Waals surface area contributed by atoms with E-state index < -0.39 is 5.97 Å².